The number of rotatable bonds is 5. The van der Waals surface area contributed by atoms with E-state index in [-0.39, 0.29) is 22.4 Å². The van der Waals surface area contributed by atoms with Crippen molar-refractivity contribution in [1.82, 2.24) is 9.21 Å². The summed E-state index contributed by atoms with van der Waals surface area (Å²) in [4.78, 5) is 32.7. The maximum Gasteiger partial charge on any atom is 0.339 e. The fourth-order valence-electron chi connectivity index (χ4n) is 5.04. The summed E-state index contributed by atoms with van der Waals surface area (Å²) in [6, 6.07) is 18.9. The first kappa shape index (κ1) is 26.1. The smallest absolute Gasteiger partial charge is 0.339 e. The van der Waals surface area contributed by atoms with Crippen LogP contribution in [-0.4, -0.2) is 68.3 Å². The van der Waals surface area contributed by atoms with Crippen LogP contribution in [0, 0.1) is 13.8 Å². The van der Waals surface area contributed by atoms with E-state index in [1.54, 1.807) is 47.4 Å². The van der Waals surface area contributed by atoms with Crippen molar-refractivity contribution in [3.63, 3.8) is 0 Å². The Morgan fingerprint density at radius 1 is 0.868 bits per heavy atom. The quantitative estimate of drug-likeness (QED) is 0.471. The van der Waals surface area contributed by atoms with Gasteiger partial charge in [0.2, 0.25) is 5.91 Å². The van der Waals surface area contributed by atoms with Crippen molar-refractivity contribution in [2.45, 2.75) is 24.8 Å². The molecule has 0 aliphatic carbocycles. The summed E-state index contributed by atoms with van der Waals surface area (Å²) in [5, 5.41) is 0.261. The maximum absolute atomic E-state index is 13.9. The number of anilines is 2. The minimum Gasteiger partial charge on any atom is -0.368 e. The lowest BCUT2D eigenvalue weighted by molar-refractivity contribution is -0.132. The van der Waals surface area contributed by atoms with Crippen LogP contribution in [0.2, 0.25) is 5.02 Å². The number of hydrogen-bond acceptors (Lipinski definition) is 5. The van der Waals surface area contributed by atoms with Crippen molar-refractivity contribution < 1.29 is 18.0 Å². The maximum atomic E-state index is 13.9. The summed E-state index contributed by atoms with van der Waals surface area (Å²) in [7, 11) is -4.17. The average Bonchev–Trinajstić information content (AvgIpc) is 3.28. The number of urea groups is 1. The minimum atomic E-state index is -4.17. The zero-order valence-corrected chi connectivity index (χ0v) is 22.8. The third-order valence-electron chi connectivity index (χ3n) is 7.09. The predicted molar refractivity (Wildman–Crippen MR) is 148 cm³/mol. The third-order valence-corrected chi connectivity index (χ3v) is 9.17. The lowest BCUT2D eigenvalue weighted by Gasteiger charge is -2.38. The van der Waals surface area contributed by atoms with Crippen molar-refractivity contribution in [2.24, 2.45) is 0 Å². The van der Waals surface area contributed by atoms with Crippen molar-refractivity contribution >= 4 is 44.9 Å². The minimum absolute atomic E-state index is 0.0114. The fourth-order valence-corrected chi connectivity index (χ4v) is 6.65. The van der Waals surface area contributed by atoms with Crippen LogP contribution in [0.3, 0.4) is 0 Å². The van der Waals surface area contributed by atoms with Crippen LogP contribution in [0.4, 0.5) is 16.2 Å². The van der Waals surface area contributed by atoms with Gasteiger partial charge in [0.1, 0.15) is 6.04 Å². The summed E-state index contributed by atoms with van der Waals surface area (Å²) in [5.74, 6) is -0.301. The van der Waals surface area contributed by atoms with Crippen molar-refractivity contribution in [1.29, 1.82) is 0 Å². The Labute approximate surface area is 228 Å². The molecule has 10 heteroatoms. The fraction of sp³-hybridized carbons (Fsp3) is 0.286. The molecular formula is C28H29ClN4O4S. The van der Waals surface area contributed by atoms with E-state index >= 15 is 0 Å². The molecule has 2 aliphatic heterocycles. The molecule has 0 spiro atoms. The molecule has 5 rings (SSSR count). The van der Waals surface area contributed by atoms with E-state index in [2.05, 4.69) is 36.9 Å². The van der Waals surface area contributed by atoms with Crippen LogP contribution >= 0.6 is 11.6 Å². The van der Waals surface area contributed by atoms with Crippen molar-refractivity contribution in [3.8, 4) is 0 Å². The van der Waals surface area contributed by atoms with E-state index < -0.39 is 22.1 Å². The third kappa shape index (κ3) is 4.72. The average molecular weight is 553 g/mol. The number of aryl methyl sites for hydroxylation is 2. The Morgan fingerprint density at radius 3 is 2.21 bits per heavy atom. The second-order valence-electron chi connectivity index (χ2n) is 9.57. The molecule has 0 N–H and O–H groups in total. The van der Waals surface area contributed by atoms with Gasteiger partial charge in [-0.15, -0.1) is 0 Å². The SMILES string of the molecule is Cc1ccc(C)c(N2CCN(C(=O)[C@@H]3CN(S(=O)(=O)c4ccccc4)C(=O)N3c3ccccc3Cl)CC2)c1. The lowest BCUT2D eigenvalue weighted by Crippen LogP contribution is -2.55. The molecule has 2 fully saturated rings. The van der Waals surface area contributed by atoms with E-state index in [0.29, 0.717) is 31.9 Å². The van der Waals surface area contributed by atoms with Crippen LogP contribution in [0.5, 0.6) is 0 Å². The molecule has 2 aliphatic rings. The molecule has 0 bridgehead atoms. The van der Waals surface area contributed by atoms with E-state index in [0.717, 1.165) is 9.99 Å². The van der Waals surface area contributed by atoms with E-state index in [4.69, 9.17) is 11.6 Å². The van der Waals surface area contributed by atoms with Crippen LogP contribution < -0.4 is 9.80 Å². The number of halogens is 1. The summed E-state index contributed by atoms with van der Waals surface area (Å²) in [5.41, 5.74) is 3.79. The van der Waals surface area contributed by atoms with Gasteiger partial charge in [-0.25, -0.2) is 17.5 Å². The molecule has 3 aromatic carbocycles. The number of nitrogens with zero attached hydrogens (tertiary/aromatic N) is 4. The number of carbonyl (C=O) groups is 2. The van der Waals surface area contributed by atoms with Gasteiger partial charge in [-0.05, 0) is 55.3 Å². The molecule has 1 atom stereocenters. The van der Waals surface area contributed by atoms with Gasteiger partial charge in [0, 0.05) is 31.9 Å². The standard InChI is InChI=1S/C28H29ClN4O4S/c1-20-12-13-21(2)25(18-20)30-14-16-31(17-15-30)27(34)26-19-32(38(36,37)22-8-4-3-5-9-22)28(35)33(26)24-11-7-6-10-23(24)29/h3-13,18,26H,14-17,19H2,1-2H3/t26-/m0/s1. The van der Waals surface area contributed by atoms with Crippen LogP contribution in [0.25, 0.3) is 0 Å². The van der Waals surface area contributed by atoms with Crippen molar-refractivity contribution in [3.05, 3.63) is 88.9 Å². The predicted octanol–water partition coefficient (Wildman–Crippen LogP) is 4.31. The van der Waals surface area contributed by atoms with Gasteiger partial charge < -0.3 is 9.80 Å². The zero-order valence-electron chi connectivity index (χ0n) is 21.2. The summed E-state index contributed by atoms with van der Waals surface area (Å²) in [6.45, 7) is 6.01. The highest BCUT2D eigenvalue weighted by Crippen LogP contribution is 2.34. The molecule has 8 nitrogen and oxygen atoms in total. The molecule has 2 saturated heterocycles. The molecule has 3 amide bonds. The molecule has 198 valence electrons. The second kappa shape index (κ2) is 10.3. The normalized spacial score (nSPS) is 18.3. The number of sulfonamides is 1. The van der Waals surface area contributed by atoms with E-state index in [1.165, 1.54) is 28.2 Å². The number of carbonyl (C=O) groups excluding carboxylic acids is 2. The second-order valence-corrected chi connectivity index (χ2v) is 11.8. The Balaban J connectivity index is 1.42. The lowest BCUT2D eigenvalue weighted by atomic mass is 10.1. The van der Waals surface area contributed by atoms with Gasteiger partial charge in [0.25, 0.3) is 10.0 Å². The summed E-state index contributed by atoms with van der Waals surface area (Å²) in [6.07, 6.45) is 0. The molecule has 0 radical (unpaired) electrons. The topological polar surface area (TPSA) is 81.2 Å². The van der Waals surface area contributed by atoms with Gasteiger partial charge in [0.05, 0.1) is 22.2 Å². The first-order valence-corrected chi connectivity index (χ1v) is 14.3. The number of hydrogen-bond donors (Lipinski definition) is 0. The highest BCUT2D eigenvalue weighted by Gasteiger charge is 2.49. The largest absolute Gasteiger partial charge is 0.368 e. The Morgan fingerprint density at radius 2 is 1.53 bits per heavy atom. The van der Waals surface area contributed by atoms with Crippen LogP contribution in [0.1, 0.15) is 11.1 Å². The molecule has 0 aromatic heterocycles. The van der Waals surface area contributed by atoms with E-state index in [1.807, 2.05) is 0 Å². The van der Waals surface area contributed by atoms with Gasteiger partial charge in [-0.1, -0.05) is 54.1 Å². The number of para-hydroxylation sites is 1. The van der Waals surface area contributed by atoms with Gasteiger partial charge in [-0.3, -0.25) is 9.69 Å². The Kier molecular flexibility index (Phi) is 7.07. The highest BCUT2D eigenvalue weighted by atomic mass is 35.5. The Bertz CT molecular complexity index is 1470. The monoisotopic (exact) mass is 552 g/mol. The molecular weight excluding hydrogens is 524 g/mol. The van der Waals surface area contributed by atoms with Gasteiger partial charge in [0.15, 0.2) is 0 Å². The Hall–Kier alpha value is -3.56. The summed E-state index contributed by atoms with van der Waals surface area (Å²) >= 11 is 6.43. The molecule has 38 heavy (non-hydrogen) atoms. The van der Waals surface area contributed by atoms with Gasteiger partial charge in [-0.2, -0.15) is 0 Å². The summed E-state index contributed by atoms with van der Waals surface area (Å²) < 4.78 is 27.6. The van der Waals surface area contributed by atoms with Crippen LogP contribution in [0.15, 0.2) is 77.7 Å². The number of amides is 3. The highest BCUT2D eigenvalue weighted by molar-refractivity contribution is 7.89. The van der Waals surface area contributed by atoms with E-state index in [9.17, 15) is 18.0 Å². The molecule has 2 heterocycles. The number of piperazine rings is 1. The first-order chi connectivity index (χ1) is 18.2. The van der Waals surface area contributed by atoms with Gasteiger partial charge >= 0.3 is 6.03 Å². The molecule has 0 saturated carbocycles. The molecule has 3 aromatic rings. The molecule has 0 unspecified atom stereocenters. The van der Waals surface area contributed by atoms with Crippen LogP contribution in [-0.2, 0) is 14.8 Å². The number of benzene rings is 3. The first-order valence-electron chi connectivity index (χ1n) is 12.4. The van der Waals surface area contributed by atoms with Crippen molar-refractivity contribution in [2.75, 3.05) is 42.5 Å². The zero-order chi connectivity index (χ0) is 27.0.